The third kappa shape index (κ3) is 3.11. The van der Waals surface area contributed by atoms with Crippen LogP contribution in [0.15, 0.2) is 65.3 Å². The van der Waals surface area contributed by atoms with Crippen molar-refractivity contribution >= 4 is 11.6 Å². The maximum absolute atomic E-state index is 13.4. The van der Waals surface area contributed by atoms with Crippen LogP contribution in [0, 0.1) is 11.7 Å². The summed E-state index contributed by atoms with van der Waals surface area (Å²) in [6.45, 7) is 0.564. The highest BCUT2D eigenvalue weighted by Crippen LogP contribution is 2.49. The number of nitrogens with zero attached hydrogens (tertiary/aromatic N) is 1. The lowest BCUT2D eigenvalue weighted by molar-refractivity contribution is -0.120. The van der Waals surface area contributed by atoms with E-state index in [1.807, 2.05) is 30.3 Å². The van der Waals surface area contributed by atoms with Gasteiger partial charge in [0.05, 0.1) is 12.8 Å². The van der Waals surface area contributed by atoms with Crippen LogP contribution in [0.4, 0.5) is 10.1 Å². The van der Waals surface area contributed by atoms with Gasteiger partial charge in [0.1, 0.15) is 11.6 Å². The number of fused-ring (bicyclic) bond motifs is 1. The molecule has 0 bridgehead atoms. The first-order valence-corrected chi connectivity index (χ1v) is 9.18. The van der Waals surface area contributed by atoms with Gasteiger partial charge in [-0.25, -0.2) is 4.39 Å². The van der Waals surface area contributed by atoms with Crippen LogP contribution in [0.3, 0.4) is 0 Å². The number of halogens is 1. The fourth-order valence-corrected chi connectivity index (χ4v) is 3.62. The molecule has 142 valence electrons. The average Bonchev–Trinajstić information content (AvgIpc) is 3.11. The zero-order chi connectivity index (χ0) is 19.1. The molecule has 1 aromatic heterocycles. The molecule has 3 aromatic rings. The highest BCUT2D eigenvalue weighted by molar-refractivity contribution is 5.97. The minimum absolute atomic E-state index is 0.00525. The van der Waals surface area contributed by atoms with Gasteiger partial charge in [-0.15, -0.1) is 0 Å². The van der Waals surface area contributed by atoms with Crippen molar-refractivity contribution in [2.75, 3.05) is 11.7 Å². The lowest BCUT2D eigenvalue weighted by Crippen LogP contribution is -2.32. The van der Waals surface area contributed by atoms with Crippen molar-refractivity contribution in [2.45, 2.75) is 18.9 Å². The van der Waals surface area contributed by atoms with Gasteiger partial charge in [0.25, 0.3) is 0 Å². The Balaban J connectivity index is 1.42. The van der Waals surface area contributed by atoms with Crippen molar-refractivity contribution in [2.24, 2.45) is 5.92 Å². The summed E-state index contributed by atoms with van der Waals surface area (Å²) in [5.41, 5.74) is 1.58. The second-order valence-electron chi connectivity index (χ2n) is 7.05. The minimum atomic E-state index is -0.334. The summed E-state index contributed by atoms with van der Waals surface area (Å²) < 4.78 is 29.7. The summed E-state index contributed by atoms with van der Waals surface area (Å²) in [5, 5.41) is 0. The molecule has 0 radical (unpaired) electrons. The lowest BCUT2D eigenvalue weighted by atomic mass is 10.1. The van der Waals surface area contributed by atoms with Crippen LogP contribution < -0.4 is 14.4 Å². The van der Waals surface area contributed by atoms with E-state index in [1.165, 1.54) is 12.1 Å². The van der Waals surface area contributed by atoms with Crippen molar-refractivity contribution in [1.82, 2.24) is 0 Å². The quantitative estimate of drug-likeness (QED) is 0.656. The van der Waals surface area contributed by atoms with E-state index in [9.17, 15) is 9.18 Å². The molecule has 28 heavy (non-hydrogen) atoms. The first kappa shape index (κ1) is 16.9. The number of furan rings is 1. The molecule has 0 N–H and O–H groups in total. The van der Waals surface area contributed by atoms with Crippen molar-refractivity contribution in [3.8, 4) is 11.5 Å². The fraction of sp³-hybridized carbons (Fsp3) is 0.227. The Morgan fingerprint density at radius 2 is 1.89 bits per heavy atom. The Morgan fingerprint density at radius 3 is 2.68 bits per heavy atom. The molecule has 6 heteroatoms. The normalized spacial score (nSPS) is 19.5. The maximum atomic E-state index is 13.4. The number of benzene rings is 2. The number of amides is 1. The zero-order valence-electron chi connectivity index (χ0n) is 15.0. The Hall–Kier alpha value is -3.28. The molecule has 1 aliphatic carbocycles. The fourth-order valence-electron chi connectivity index (χ4n) is 3.62. The van der Waals surface area contributed by atoms with Crippen LogP contribution >= 0.6 is 0 Å². The van der Waals surface area contributed by atoms with Gasteiger partial charge in [0.2, 0.25) is 12.7 Å². The molecule has 0 spiro atoms. The van der Waals surface area contributed by atoms with Crippen molar-refractivity contribution < 1.29 is 23.1 Å². The highest BCUT2D eigenvalue weighted by atomic mass is 19.1. The summed E-state index contributed by atoms with van der Waals surface area (Å²) >= 11 is 0. The maximum Gasteiger partial charge on any atom is 0.231 e. The zero-order valence-corrected chi connectivity index (χ0v) is 15.0. The second kappa shape index (κ2) is 6.71. The van der Waals surface area contributed by atoms with Crippen molar-refractivity contribution in [1.29, 1.82) is 0 Å². The van der Waals surface area contributed by atoms with Crippen molar-refractivity contribution in [3.05, 3.63) is 78.0 Å². The SMILES string of the molecule is O=C(C1CC1c1ccco1)N(Cc1ccc2c(c1)OCO2)c1ccc(F)cc1. The van der Waals surface area contributed by atoms with Crippen molar-refractivity contribution in [3.63, 3.8) is 0 Å². The van der Waals surface area contributed by atoms with E-state index in [1.54, 1.807) is 23.3 Å². The summed E-state index contributed by atoms with van der Waals surface area (Å²) in [7, 11) is 0. The smallest absolute Gasteiger partial charge is 0.231 e. The minimum Gasteiger partial charge on any atom is -0.469 e. The summed E-state index contributed by atoms with van der Waals surface area (Å²) in [4.78, 5) is 15.0. The van der Waals surface area contributed by atoms with Gasteiger partial charge in [-0.1, -0.05) is 6.07 Å². The topological polar surface area (TPSA) is 51.9 Å². The molecular weight excluding hydrogens is 361 g/mol. The van der Waals surface area contributed by atoms with Crippen LogP contribution in [-0.2, 0) is 11.3 Å². The van der Waals surface area contributed by atoms with Crippen LogP contribution in [0.25, 0.3) is 0 Å². The van der Waals surface area contributed by atoms with Gasteiger partial charge in [-0.3, -0.25) is 4.79 Å². The van der Waals surface area contributed by atoms with Gasteiger partial charge in [0.15, 0.2) is 11.5 Å². The second-order valence-corrected chi connectivity index (χ2v) is 7.05. The van der Waals surface area contributed by atoms with Crippen LogP contribution in [-0.4, -0.2) is 12.7 Å². The largest absolute Gasteiger partial charge is 0.469 e. The number of anilines is 1. The molecule has 2 unspecified atom stereocenters. The number of hydrogen-bond acceptors (Lipinski definition) is 4. The molecule has 1 amide bonds. The third-order valence-electron chi connectivity index (χ3n) is 5.20. The summed E-state index contributed by atoms with van der Waals surface area (Å²) in [6, 6.07) is 15.4. The predicted molar refractivity (Wildman–Crippen MR) is 99.7 cm³/mol. The molecule has 2 aromatic carbocycles. The Labute approximate surface area is 161 Å². The molecule has 1 fully saturated rings. The predicted octanol–water partition coefficient (Wildman–Crippen LogP) is 4.48. The van der Waals surface area contributed by atoms with Gasteiger partial charge >= 0.3 is 0 Å². The van der Waals surface area contributed by atoms with E-state index >= 15 is 0 Å². The standard InChI is InChI=1S/C22H18FNO4/c23-15-4-6-16(7-5-15)24(12-14-3-8-20-21(10-14)28-13-27-20)22(25)18-11-17(18)19-2-1-9-26-19/h1-10,17-18H,11-13H2. The molecule has 5 rings (SSSR count). The Kier molecular flexibility index (Phi) is 4.04. The van der Waals surface area contributed by atoms with E-state index < -0.39 is 0 Å². The molecule has 5 nitrogen and oxygen atoms in total. The Morgan fingerprint density at radius 1 is 1.07 bits per heavy atom. The first-order chi connectivity index (χ1) is 13.7. The number of carbonyl (C=O) groups excluding carboxylic acids is 1. The molecule has 1 aliphatic heterocycles. The molecule has 1 saturated carbocycles. The van der Waals surface area contributed by atoms with Crippen LogP contribution in [0.1, 0.15) is 23.7 Å². The van der Waals surface area contributed by atoms with E-state index in [0.717, 1.165) is 17.7 Å². The highest BCUT2D eigenvalue weighted by Gasteiger charge is 2.47. The Bertz CT molecular complexity index is 1000. The van der Waals surface area contributed by atoms with E-state index in [-0.39, 0.29) is 30.4 Å². The van der Waals surface area contributed by atoms with E-state index in [2.05, 4.69) is 0 Å². The molecular formula is C22H18FNO4. The summed E-state index contributed by atoms with van der Waals surface area (Å²) in [6.07, 6.45) is 2.38. The molecule has 0 saturated heterocycles. The van der Waals surface area contributed by atoms with E-state index in [0.29, 0.717) is 23.7 Å². The molecule has 2 heterocycles. The van der Waals surface area contributed by atoms with Crippen LogP contribution in [0.2, 0.25) is 0 Å². The molecule has 2 aliphatic rings. The van der Waals surface area contributed by atoms with Gasteiger partial charge in [-0.2, -0.15) is 0 Å². The number of carbonyl (C=O) groups is 1. The van der Waals surface area contributed by atoms with Gasteiger partial charge < -0.3 is 18.8 Å². The van der Waals surface area contributed by atoms with E-state index in [4.69, 9.17) is 13.9 Å². The summed E-state index contributed by atoms with van der Waals surface area (Å²) in [5.74, 6) is 1.84. The number of rotatable bonds is 5. The third-order valence-corrected chi connectivity index (χ3v) is 5.20. The number of ether oxygens (including phenoxy) is 2. The molecule has 2 atom stereocenters. The monoisotopic (exact) mass is 379 g/mol. The average molecular weight is 379 g/mol. The van der Waals surface area contributed by atoms with Gasteiger partial charge in [0, 0.05) is 17.5 Å². The van der Waals surface area contributed by atoms with Crippen LogP contribution in [0.5, 0.6) is 11.5 Å². The lowest BCUT2D eigenvalue weighted by Gasteiger charge is -2.23. The number of hydrogen-bond donors (Lipinski definition) is 0. The van der Waals surface area contributed by atoms with Gasteiger partial charge in [-0.05, 0) is 60.5 Å². The first-order valence-electron chi connectivity index (χ1n) is 9.18.